The smallest absolute Gasteiger partial charge is 0.258 e. The van der Waals surface area contributed by atoms with Crippen LogP contribution in [0.3, 0.4) is 0 Å². The van der Waals surface area contributed by atoms with Crippen LogP contribution in [0.5, 0.6) is 0 Å². The van der Waals surface area contributed by atoms with Gasteiger partial charge in [0.1, 0.15) is 10.8 Å². The second-order valence-corrected chi connectivity index (χ2v) is 4.94. The van der Waals surface area contributed by atoms with E-state index in [9.17, 15) is 14.5 Å². The van der Waals surface area contributed by atoms with Crippen molar-refractivity contribution in [3.05, 3.63) is 58.4 Å². The third-order valence-corrected chi connectivity index (χ3v) is 3.76. The summed E-state index contributed by atoms with van der Waals surface area (Å²) < 4.78 is 14.5. The summed E-state index contributed by atoms with van der Waals surface area (Å²) in [6.45, 7) is 0. The molecule has 0 fully saturated rings. The molecule has 0 bridgehead atoms. The number of rotatable bonds is 2. The van der Waals surface area contributed by atoms with Crippen molar-refractivity contribution in [2.24, 2.45) is 0 Å². The fraction of sp³-hybridized carbons (Fsp3) is 0. The van der Waals surface area contributed by atoms with Crippen LogP contribution in [0.4, 0.5) is 10.1 Å². The quantitative estimate of drug-likeness (QED) is 0.524. The standard InChI is InChI=1S/C13H7FN2O2S/c14-10-4-2-1-3-9(10)13-15-11-7-8(16(17)18)5-6-12(11)19-13/h1-7H. The predicted octanol–water partition coefficient (Wildman–Crippen LogP) is 4.01. The van der Waals surface area contributed by atoms with Gasteiger partial charge < -0.3 is 0 Å². The average molecular weight is 274 g/mol. The Morgan fingerprint density at radius 2 is 2.00 bits per heavy atom. The molecule has 3 aromatic rings. The molecule has 1 heterocycles. The molecule has 0 aliphatic heterocycles. The van der Waals surface area contributed by atoms with Crippen molar-refractivity contribution in [1.82, 2.24) is 4.98 Å². The highest BCUT2D eigenvalue weighted by molar-refractivity contribution is 7.21. The van der Waals surface area contributed by atoms with E-state index in [4.69, 9.17) is 0 Å². The van der Waals surface area contributed by atoms with E-state index in [-0.39, 0.29) is 11.5 Å². The minimum Gasteiger partial charge on any atom is -0.258 e. The van der Waals surface area contributed by atoms with Crippen LogP contribution in [0.2, 0.25) is 0 Å². The molecular formula is C13H7FN2O2S. The van der Waals surface area contributed by atoms with Crippen LogP contribution in [-0.4, -0.2) is 9.91 Å². The number of thiazole rings is 1. The van der Waals surface area contributed by atoms with Gasteiger partial charge in [-0.05, 0) is 18.2 Å². The summed E-state index contributed by atoms with van der Waals surface area (Å²) >= 11 is 1.31. The molecule has 2 aromatic carbocycles. The lowest BCUT2D eigenvalue weighted by atomic mass is 10.2. The van der Waals surface area contributed by atoms with Crippen LogP contribution in [0, 0.1) is 15.9 Å². The molecule has 19 heavy (non-hydrogen) atoms. The first-order chi connectivity index (χ1) is 9.15. The molecule has 0 radical (unpaired) electrons. The number of aromatic nitrogens is 1. The zero-order valence-electron chi connectivity index (χ0n) is 9.54. The molecule has 0 N–H and O–H groups in total. The third kappa shape index (κ3) is 2.06. The van der Waals surface area contributed by atoms with E-state index in [1.807, 2.05) is 0 Å². The highest BCUT2D eigenvalue weighted by Crippen LogP contribution is 2.33. The third-order valence-electron chi connectivity index (χ3n) is 2.69. The summed E-state index contributed by atoms with van der Waals surface area (Å²) in [4.78, 5) is 14.5. The maximum Gasteiger partial charge on any atom is 0.271 e. The SMILES string of the molecule is O=[N+]([O-])c1ccc2sc(-c3ccccc3F)nc2c1. The highest BCUT2D eigenvalue weighted by atomic mass is 32.1. The molecule has 0 spiro atoms. The Morgan fingerprint density at radius 1 is 1.21 bits per heavy atom. The number of hydrogen-bond donors (Lipinski definition) is 0. The minimum absolute atomic E-state index is 0.0158. The van der Waals surface area contributed by atoms with Gasteiger partial charge in [0.05, 0.1) is 15.1 Å². The lowest BCUT2D eigenvalue weighted by Crippen LogP contribution is -1.86. The first-order valence-electron chi connectivity index (χ1n) is 5.45. The van der Waals surface area contributed by atoms with Gasteiger partial charge in [0, 0.05) is 17.7 Å². The first-order valence-corrected chi connectivity index (χ1v) is 6.27. The van der Waals surface area contributed by atoms with Crippen LogP contribution < -0.4 is 0 Å². The molecule has 0 aliphatic rings. The second kappa shape index (κ2) is 4.40. The minimum atomic E-state index is -0.471. The van der Waals surface area contributed by atoms with Gasteiger partial charge in [0.2, 0.25) is 0 Å². The number of hydrogen-bond acceptors (Lipinski definition) is 4. The van der Waals surface area contributed by atoms with E-state index < -0.39 is 4.92 Å². The van der Waals surface area contributed by atoms with Crippen molar-refractivity contribution in [1.29, 1.82) is 0 Å². The molecule has 4 nitrogen and oxygen atoms in total. The Bertz CT molecular complexity index is 785. The van der Waals surface area contributed by atoms with E-state index in [2.05, 4.69) is 4.98 Å². The lowest BCUT2D eigenvalue weighted by Gasteiger charge is -1.96. The molecule has 0 unspecified atom stereocenters. The Morgan fingerprint density at radius 3 is 2.74 bits per heavy atom. The Kier molecular flexibility index (Phi) is 2.72. The molecule has 0 atom stereocenters. The van der Waals surface area contributed by atoms with E-state index in [1.54, 1.807) is 24.3 Å². The van der Waals surface area contributed by atoms with Gasteiger partial charge in [0.25, 0.3) is 5.69 Å². The molecule has 0 aliphatic carbocycles. The van der Waals surface area contributed by atoms with E-state index in [0.717, 1.165) is 4.70 Å². The summed E-state index contributed by atoms with van der Waals surface area (Å²) in [5.41, 5.74) is 0.904. The van der Waals surface area contributed by atoms with Gasteiger partial charge in [-0.25, -0.2) is 9.37 Å². The molecule has 0 amide bonds. The summed E-state index contributed by atoms with van der Waals surface area (Å²) in [6.07, 6.45) is 0. The van der Waals surface area contributed by atoms with Crippen molar-refractivity contribution in [2.75, 3.05) is 0 Å². The second-order valence-electron chi connectivity index (χ2n) is 3.91. The number of halogens is 1. The van der Waals surface area contributed by atoms with Crippen LogP contribution in [0.25, 0.3) is 20.8 Å². The zero-order chi connectivity index (χ0) is 13.4. The van der Waals surface area contributed by atoms with E-state index >= 15 is 0 Å². The van der Waals surface area contributed by atoms with Crippen molar-refractivity contribution in [3.63, 3.8) is 0 Å². The van der Waals surface area contributed by atoms with Crippen LogP contribution in [-0.2, 0) is 0 Å². The summed E-state index contributed by atoms with van der Waals surface area (Å²) in [5.74, 6) is -0.351. The van der Waals surface area contributed by atoms with Gasteiger partial charge >= 0.3 is 0 Å². The molecule has 3 rings (SSSR count). The normalized spacial score (nSPS) is 10.8. The van der Waals surface area contributed by atoms with Gasteiger partial charge in [0.15, 0.2) is 0 Å². The van der Waals surface area contributed by atoms with Gasteiger partial charge in [-0.15, -0.1) is 11.3 Å². The predicted molar refractivity (Wildman–Crippen MR) is 71.7 cm³/mol. The van der Waals surface area contributed by atoms with Gasteiger partial charge in [-0.2, -0.15) is 0 Å². The summed E-state index contributed by atoms with van der Waals surface area (Å²) in [5, 5.41) is 11.2. The van der Waals surface area contributed by atoms with E-state index in [1.165, 1.54) is 29.5 Å². The fourth-order valence-electron chi connectivity index (χ4n) is 1.78. The van der Waals surface area contributed by atoms with Crippen molar-refractivity contribution < 1.29 is 9.31 Å². The Balaban J connectivity index is 2.17. The number of nitrogens with zero attached hydrogens (tertiary/aromatic N) is 2. The van der Waals surface area contributed by atoms with Crippen molar-refractivity contribution in [2.45, 2.75) is 0 Å². The molecule has 0 saturated carbocycles. The molecule has 0 saturated heterocycles. The van der Waals surface area contributed by atoms with Gasteiger partial charge in [-0.1, -0.05) is 12.1 Å². The van der Waals surface area contributed by atoms with Crippen LogP contribution in [0.1, 0.15) is 0 Å². The number of fused-ring (bicyclic) bond motifs is 1. The number of non-ortho nitro benzene ring substituents is 1. The number of nitro groups is 1. The Hall–Kier alpha value is -2.34. The molecule has 6 heteroatoms. The summed E-state index contributed by atoms with van der Waals surface area (Å²) in [7, 11) is 0. The number of benzene rings is 2. The zero-order valence-corrected chi connectivity index (χ0v) is 10.4. The maximum absolute atomic E-state index is 13.7. The molecule has 1 aromatic heterocycles. The molecular weight excluding hydrogens is 267 g/mol. The lowest BCUT2D eigenvalue weighted by molar-refractivity contribution is -0.384. The summed E-state index contributed by atoms with van der Waals surface area (Å²) in [6, 6.07) is 10.8. The van der Waals surface area contributed by atoms with Crippen molar-refractivity contribution in [3.8, 4) is 10.6 Å². The van der Waals surface area contributed by atoms with Gasteiger partial charge in [-0.3, -0.25) is 10.1 Å². The first kappa shape index (κ1) is 11.7. The van der Waals surface area contributed by atoms with E-state index in [0.29, 0.717) is 16.1 Å². The van der Waals surface area contributed by atoms with Crippen LogP contribution in [0.15, 0.2) is 42.5 Å². The van der Waals surface area contributed by atoms with Crippen LogP contribution >= 0.6 is 11.3 Å². The topological polar surface area (TPSA) is 56.0 Å². The Labute approximate surface area is 111 Å². The average Bonchev–Trinajstić information content (AvgIpc) is 2.81. The molecule has 94 valence electrons. The fourth-order valence-corrected chi connectivity index (χ4v) is 2.75. The number of nitro benzene ring substituents is 1. The maximum atomic E-state index is 13.7. The largest absolute Gasteiger partial charge is 0.271 e. The monoisotopic (exact) mass is 274 g/mol. The highest BCUT2D eigenvalue weighted by Gasteiger charge is 2.13. The van der Waals surface area contributed by atoms with Crippen molar-refractivity contribution >= 4 is 27.2 Å².